The second-order valence-electron chi connectivity index (χ2n) is 7.12. The topological polar surface area (TPSA) is 122 Å². The molecule has 10 heteroatoms. The molecule has 182 valence electrons. The highest BCUT2D eigenvalue weighted by Crippen LogP contribution is 2.29. The van der Waals surface area contributed by atoms with Gasteiger partial charge in [0.05, 0.1) is 37.5 Å². The average molecular weight is 479 g/mol. The summed E-state index contributed by atoms with van der Waals surface area (Å²) in [4.78, 5) is 22.8. The van der Waals surface area contributed by atoms with Gasteiger partial charge in [-0.3, -0.25) is 14.9 Å². The predicted octanol–water partition coefficient (Wildman–Crippen LogP) is 4.35. The summed E-state index contributed by atoms with van der Waals surface area (Å²) < 4.78 is 21.9. The van der Waals surface area contributed by atoms with Gasteiger partial charge in [0.15, 0.2) is 11.5 Å². The van der Waals surface area contributed by atoms with E-state index in [9.17, 15) is 14.9 Å². The zero-order valence-corrected chi connectivity index (χ0v) is 19.5. The zero-order valence-electron chi connectivity index (χ0n) is 19.5. The number of nitro benzene ring substituents is 1. The van der Waals surface area contributed by atoms with Gasteiger partial charge in [0, 0.05) is 18.2 Å². The van der Waals surface area contributed by atoms with Crippen molar-refractivity contribution in [2.45, 2.75) is 13.5 Å². The maximum atomic E-state index is 12.5. The van der Waals surface area contributed by atoms with Crippen LogP contribution in [-0.2, 0) is 6.61 Å². The smallest absolute Gasteiger partial charge is 0.275 e. The van der Waals surface area contributed by atoms with Crippen LogP contribution in [-0.4, -0.2) is 37.9 Å². The number of non-ortho nitro benzene ring substituents is 1. The van der Waals surface area contributed by atoms with Crippen molar-refractivity contribution in [3.63, 3.8) is 0 Å². The average Bonchev–Trinajstić information content (AvgIpc) is 2.88. The summed E-state index contributed by atoms with van der Waals surface area (Å²) in [5, 5.41) is 14.8. The van der Waals surface area contributed by atoms with Crippen LogP contribution in [0.3, 0.4) is 0 Å². The summed E-state index contributed by atoms with van der Waals surface area (Å²) in [6.07, 6.45) is 1.48. The van der Waals surface area contributed by atoms with Crippen LogP contribution in [0.15, 0.2) is 65.8 Å². The highest BCUT2D eigenvalue weighted by atomic mass is 16.6. The number of rotatable bonds is 11. The van der Waals surface area contributed by atoms with Crippen molar-refractivity contribution in [1.29, 1.82) is 0 Å². The number of carbonyl (C=O) groups is 1. The molecule has 0 saturated carbocycles. The molecule has 35 heavy (non-hydrogen) atoms. The van der Waals surface area contributed by atoms with Crippen molar-refractivity contribution in [3.05, 3.63) is 87.5 Å². The van der Waals surface area contributed by atoms with Crippen molar-refractivity contribution >= 4 is 17.8 Å². The molecule has 0 heterocycles. The number of nitrogens with one attached hydrogen (secondary N) is 1. The van der Waals surface area contributed by atoms with Gasteiger partial charge < -0.3 is 18.9 Å². The molecule has 0 aliphatic carbocycles. The Bertz CT molecular complexity index is 1210. The van der Waals surface area contributed by atoms with Gasteiger partial charge in [-0.2, -0.15) is 5.10 Å². The summed E-state index contributed by atoms with van der Waals surface area (Å²) in [5.74, 6) is 1.51. The third-order valence-electron chi connectivity index (χ3n) is 4.84. The van der Waals surface area contributed by atoms with Crippen LogP contribution in [0.5, 0.6) is 23.0 Å². The lowest BCUT2D eigenvalue weighted by atomic mass is 10.2. The lowest BCUT2D eigenvalue weighted by Crippen LogP contribution is -2.18. The molecular weight excluding hydrogens is 454 g/mol. The maximum absolute atomic E-state index is 12.5. The van der Waals surface area contributed by atoms with Crippen LogP contribution in [0.2, 0.25) is 0 Å². The monoisotopic (exact) mass is 479 g/mol. The summed E-state index contributed by atoms with van der Waals surface area (Å²) in [6, 6.07) is 16.2. The number of nitrogens with zero attached hydrogens (tertiary/aromatic N) is 2. The first-order valence-corrected chi connectivity index (χ1v) is 10.6. The third kappa shape index (κ3) is 6.70. The van der Waals surface area contributed by atoms with Crippen LogP contribution in [0.4, 0.5) is 5.69 Å². The Kier molecular flexibility index (Phi) is 8.60. The fourth-order valence-corrected chi connectivity index (χ4v) is 3.08. The number of ether oxygens (including phenoxy) is 4. The predicted molar refractivity (Wildman–Crippen MR) is 130 cm³/mol. The Morgan fingerprint density at radius 2 is 1.74 bits per heavy atom. The highest BCUT2D eigenvalue weighted by molar-refractivity contribution is 5.97. The summed E-state index contributed by atoms with van der Waals surface area (Å²) >= 11 is 0. The van der Waals surface area contributed by atoms with E-state index in [1.54, 1.807) is 48.5 Å². The van der Waals surface area contributed by atoms with E-state index in [1.165, 1.54) is 32.6 Å². The molecule has 0 aromatic heterocycles. The quantitative estimate of drug-likeness (QED) is 0.246. The molecule has 0 bridgehead atoms. The van der Waals surface area contributed by atoms with Crippen LogP contribution in [0.1, 0.15) is 28.4 Å². The Balaban J connectivity index is 1.66. The van der Waals surface area contributed by atoms with Crippen molar-refractivity contribution in [2.24, 2.45) is 5.10 Å². The van der Waals surface area contributed by atoms with E-state index >= 15 is 0 Å². The number of amides is 1. The van der Waals surface area contributed by atoms with Crippen LogP contribution < -0.4 is 24.4 Å². The van der Waals surface area contributed by atoms with Gasteiger partial charge in [-0.1, -0.05) is 0 Å². The normalized spacial score (nSPS) is 10.6. The number of hydrazone groups is 1. The number of hydrogen-bond donors (Lipinski definition) is 1. The van der Waals surface area contributed by atoms with E-state index in [1.807, 2.05) is 6.92 Å². The van der Waals surface area contributed by atoms with Gasteiger partial charge in [0.1, 0.15) is 18.1 Å². The van der Waals surface area contributed by atoms with Crippen LogP contribution in [0, 0.1) is 10.1 Å². The second-order valence-corrected chi connectivity index (χ2v) is 7.12. The van der Waals surface area contributed by atoms with E-state index < -0.39 is 10.8 Å². The number of methoxy groups -OCH3 is 2. The van der Waals surface area contributed by atoms with E-state index in [2.05, 4.69) is 10.5 Å². The first kappa shape index (κ1) is 25.0. The van der Waals surface area contributed by atoms with Gasteiger partial charge in [0.2, 0.25) is 0 Å². The Hall–Kier alpha value is -4.60. The van der Waals surface area contributed by atoms with Gasteiger partial charge in [-0.25, -0.2) is 5.43 Å². The van der Waals surface area contributed by atoms with E-state index in [0.29, 0.717) is 40.7 Å². The third-order valence-corrected chi connectivity index (χ3v) is 4.84. The molecule has 0 atom stereocenters. The minimum absolute atomic E-state index is 0.0184. The first-order valence-electron chi connectivity index (χ1n) is 10.6. The van der Waals surface area contributed by atoms with Crippen molar-refractivity contribution in [3.8, 4) is 23.0 Å². The molecule has 1 amide bonds. The molecule has 0 aliphatic heterocycles. The van der Waals surface area contributed by atoms with Gasteiger partial charge in [0.25, 0.3) is 11.6 Å². The summed E-state index contributed by atoms with van der Waals surface area (Å²) in [7, 11) is 3.00. The minimum Gasteiger partial charge on any atom is -0.497 e. The summed E-state index contributed by atoms with van der Waals surface area (Å²) in [6.45, 7) is 2.48. The number of carbonyl (C=O) groups excluding carboxylic acids is 1. The minimum atomic E-state index is -0.450. The fraction of sp³-hybridized carbons (Fsp3) is 0.200. The second kappa shape index (κ2) is 12.0. The van der Waals surface area contributed by atoms with E-state index in [0.717, 1.165) is 5.56 Å². The standard InChI is InChI=1S/C25H25N3O7/c1-4-34-24-13-18(7-12-22(24)35-16-17-5-8-19(9-6-17)28(30)31)15-26-27-25(29)21-11-10-20(32-2)14-23(21)33-3/h5-15H,4,16H2,1-3H3,(H,27,29)/b26-15-. The Morgan fingerprint density at radius 3 is 2.40 bits per heavy atom. The van der Waals surface area contributed by atoms with Crippen LogP contribution in [0.25, 0.3) is 0 Å². The molecule has 3 rings (SSSR count). The van der Waals surface area contributed by atoms with Gasteiger partial charge in [-0.05, 0) is 60.5 Å². The molecular formula is C25H25N3O7. The molecule has 3 aromatic rings. The molecule has 0 saturated heterocycles. The lowest BCUT2D eigenvalue weighted by molar-refractivity contribution is -0.384. The van der Waals surface area contributed by atoms with E-state index in [-0.39, 0.29) is 12.3 Å². The Morgan fingerprint density at radius 1 is 0.971 bits per heavy atom. The van der Waals surface area contributed by atoms with E-state index in [4.69, 9.17) is 18.9 Å². The molecule has 0 unspecified atom stereocenters. The molecule has 3 aromatic carbocycles. The fourth-order valence-electron chi connectivity index (χ4n) is 3.08. The lowest BCUT2D eigenvalue weighted by Gasteiger charge is -2.12. The van der Waals surface area contributed by atoms with Gasteiger partial charge >= 0.3 is 0 Å². The number of benzene rings is 3. The molecule has 0 radical (unpaired) electrons. The van der Waals surface area contributed by atoms with Gasteiger partial charge in [-0.15, -0.1) is 0 Å². The molecule has 0 fully saturated rings. The Labute approximate surface area is 202 Å². The van der Waals surface area contributed by atoms with Crippen molar-refractivity contribution < 1.29 is 28.7 Å². The summed E-state index contributed by atoms with van der Waals surface area (Å²) in [5.41, 5.74) is 4.27. The largest absolute Gasteiger partial charge is 0.497 e. The zero-order chi connectivity index (χ0) is 25.2. The molecule has 0 spiro atoms. The molecule has 0 aliphatic rings. The number of hydrogen-bond acceptors (Lipinski definition) is 8. The van der Waals surface area contributed by atoms with Crippen LogP contribution >= 0.6 is 0 Å². The van der Waals surface area contributed by atoms with Crippen molar-refractivity contribution in [1.82, 2.24) is 5.43 Å². The SMILES string of the molecule is CCOc1cc(/C=N\NC(=O)c2ccc(OC)cc2OC)ccc1OCc1ccc([N+](=O)[O-])cc1. The molecule has 1 N–H and O–H groups in total. The maximum Gasteiger partial charge on any atom is 0.275 e. The first-order chi connectivity index (χ1) is 16.9. The van der Waals surface area contributed by atoms with Crippen molar-refractivity contribution in [2.75, 3.05) is 20.8 Å². The molecule has 10 nitrogen and oxygen atoms in total. The number of nitro groups is 1. The highest BCUT2D eigenvalue weighted by Gasteiger charge is 2.13.